The molecule has 0 aliphatic carbocycles. The fourth-order valence-electron chi connectivity index (χ4n) is 2.40. The highest BCUT2D eigenvalue weighted by Gasteiger charge is 2.20. The summed E-state index contributed by atoms with van der Waals surface area (Å²) in [4.78, 5) is 1.37. The Morgan fingerprint density at radius 2 is 2.47 bits per heavy atom. The third kappa shape index (κ3) is 4.25. The molecule has 17 heavy (non-hydrogen) atoms. The van der Waals surface area contributed by atoms with Gasteiger partial charge in [0.25, 0.3) is 0 Å². The number of hydrogen-bond donors (Lipinski definition) is 1. The molecule has 0 spiro atoms. The molecule has 4 heteroatoms. The maximum absolute atomic E-state index is 5.97. The molecule has 1 fully saturated rings. The molecule has 2 atom stereocenters. The minimum Gasteiger partial charge on any atom is -0.381 e. The molecule has 0 aromatic carbocycles. The number of ether oxygens (including phenoxy) is 1. The zero-order chi connectivity index (χ0) is 12.1. The zero-order valence-electron chi connectivity index (χ0n) is 10.2. The lowest BCUT2D eigenvalue weighted by atomic mass is 9.97. The molecule has 0 saturated carbocycles. The van der Waals surface area contributed by atoms with Gasteiger partial charge < -0.3 is 10.1 Å². The van der Waals surface area contributed by atoms with Crippen molar-refractivity contribution in [2.45, 2.75) is 32.2 Å². The van der Waals surface area contributed by atoms with Gasteiger partial charge in [-0.2, -0.15) is 0 Å². The van der Waals surface area contributed by atoms with Crippen molar-refractivity contribution in [2.24, 2.45) is 5.92 Å². The van der Waals surface area contributed by atoms with E-state index in [-0.39, 0.29) is 0 Å². The fourth-order valence-corrected chi connectivity index (χ4v) is 3.57. The summed E-state index contributed by atoms with van der Waals surface area (Å²) >= 11 is 7.66. The van der Waals surface area contributed by atoms with Crippen molar-refractivity contribution < 1.29 is 4.74 Å². The van der Waals surface area contributed by atoms with Crippen LogP contribution in [0.4, 0.5) is 0 Å². The van der Waals surface area contributed by atoms with Crippen molar-refractivity contribution in [3.05, 3.63) is 21.3 Å². The van der Waals surface area contributed by atoms with E-state index in [1.165, 1.54) is 17.7 Å². The van der Waals surface area contributed by atoms with Crippen LogP contribution in [0.5, 0.6) is 0 Å². The molecule has 2 unspecified atom stereocenters. The highest BCUT2D eigenvalue weighted by atomic mass is 35.5. The van der Waals surface area contributed by atoms with Crippen LogP contribution in [0.3, 0.4) is 0 Å². The highest BCUT2D eigenvalue weighted by Crippen LogP contribution is 2.25. The molecule has 0 bridgehead atoms. The van der Waals surface area contributed by atoms with Crippen LogP contribution in [0.1, 0.15) is 24.6 Å². The molecule has 1 aromatic rings. The van der Waals surface area contributed by atoms with E-state index in [0.29, 0.717) is 6.04 Å². The first kappa shape index (κ1) is 13.3. The number of likely N-dealkylation sites (N-methyl/N-ethyl adjacent to an activating group) is 1. The number of rotatable bonds is 6. The number of hydrogen-bond acceptors (Lipinski definition) is 3. The Balaban J connectivity index is 1.87. The maximum atomic E-state index is 5.97. The van der Waals surface area contributed by atoms with E-state index in [1.54, 1.807) is 11.3 Å². The second kappa shape index (κ2) is 6.74. The van der Waals surface area contributed by atoms with Crippen molar-refractivity contribution in [3.63, 3.8) is 0 Å². The maximum Gasteiger partial charge on any atom is 0.0931 e. The quantitative estimate of drug-likeness (QED) is 0.858. The lowest BCUT2D eigenvalue weighted by Crippen LogP contribution is -2.33. The summed E-state index contributed by atoms with van der Waals surface area (Å²) in [5.74, 6) is 0.731. The van der Waals surface area contributed by atoms with Gasteiger partial charge in [0.1, 0.15) is 0 Å². The van der Waals surface area contributed by atoms with Crippen molar-refractivity contribution in [1.82, 2.24) is 5.32 Å². The van der Waals surface area contributed by atoms with E-state index < -0.39 is 0 Å². The monoisotopic (exact) mass is 273 g/mol. The third-order valence-electron chi connectivity index (χ3n) is 3.21. The second-order valence-corrected chi connectivity index (χ2v) is 6.43. The molecule has 2 heterocycles. The second-order valence-electron chi connectivity index (χ2n) is 4.63. The molecule has 1 aliphatic heterocycles. The molecule has 2 nitrogen and oxygen atoms in total. The molecule has 2 rings (SSSR count). The van der Waals surface area contributed by atoms with Crippen LogP contribution in [-0.2, 0) is 11.2 Å². The molecular formula is C13H20ClNOS. The molecule has 0 amide bonds. The van der Waals surface area contributed by atoms with E-state index >= 15 is 0 Å². The Morgan fingerprint density at radius 3 is 3.06 bits per heavy atom. The molecule has 1 aromatic heterocycles. The fraction of sp³-hybridized carbons (Fsp3) is 0.692. The van der Waals surface area contributed by atoms with Crippen LogP contribution in [0.25, 0.3) is 0 Å². The van der Waals surface area contributed by atoms with E-state index in [9.17, 15) is 0 Å². The Bertz CT molecular complexity index is 336. The molecule has 1 aliphatic rings. The van der Waals surface area contributed by atoms with Crippen molar-refractivity contribution >= 4 is 22.9 Å². The zero-order valence-corrected chi connectivity index (χ0v) is 11.8. The van der Waals surface area contributed by atoms with Gasteiger partial charge in [0.05, 0.1) is 4.34 Å². The Hall–Kier alpha value is -0.0900. The normalized spacial score (nSPS) is 21.9. The van der Waals surface area contributed by atoms with Crippen LogP contribution in [0.15, 0.2) is 12.1 Å². The molecule has 96 valence electrons. The summed E-state index contributed by atoms with van der Waals surface area (Å²) < 4.78 is 6.33. The van der Waals surface area contributed by atoms with E-state index in [0.717, 1.165) is 36.4 Å². The minimum absolute atomic E-state index is 0.557. The van der Waals surface area contributed by atoms with Crippen molar-refractivity contribution in [3.8, 4) is 0 Å². The molecule has 0 radical (unpaired) electrons. The summed E-state index contributed by atoms with van der Waals surface area (Å²) in [6.45, 7) is 5.07. The van der Waals surface area contributed by atoms with Crippen LogP contribution in [-0.4, -0.2) is 25.8 Å². The first-order chi connectivity index (χ1) is 8.28. The van der Waals surface area contributed by atoms with Gasteiger partial charge >= 0.3 is 0 Å². The van der Waals surface area contributed by atoms with Crippen LogP contribution < -0.4 is 5.32 Å². The van der Waals surface area contributed by atoms with E-state index in [4.69, 9.17) is 16.3 Å². The van der Waals surface area contributed by atoms with E-state index in [2.05, 4.69) is 18.3 Å². The number of halogens is 1. The van der Waals surface area contributed by atoms with Gasteiger partial charge in [-0.15, -0.1) is 11.3 Å². The average Bonchev–Trinajstić information content (AvgIpc) is 2.91. The number of thiophene rings is 1. The largest absolute Gasteiger partial charge is 0.381 e. The van der Waals surface area contributed by atoms with Gasteiger partial charge in [-0.25, -0.2) is 0 Å². The Kier molecular flexibility index (Phi) is 5.29. The smallest absolute Gasteiger partial charge is 0.0931 e. The molecule has 1 saturated heterocycles. The predicted molar refractivity (Wildman–Crippen MR) is 74.0 cm³/mol. The van der Waals surface area contributed by atoms with Crippen molar-refractivity contribution in [2.75, 3.05) is 19.8 Å². The minimum atomic E-state index is 0.557. The summed E-state index contributed by atoms with van der Waals surface area (Å²) in [7, 11) is 0. The van der Waals surface area contributed by atoms with Gasteiger partial charge in [-0.1, -0.05) is 18.5 Å². The number of nitrogens with one attached hydrogen (secondary N) is 1. The van der Waals surface area contributed by atoms with Crippen LogP contribution in [0.2, 0.25) is 4.34 Å². The SMILES string of the molecule is CCNC(Cc1ccc(Cl)s1)CC1CCOC1. The van der Waals surface area contributed by atoms with Crippen LogP contribution >= 0.6 is 22.9 Å². The van der Waals surface area contributed by atoms with Gasteiger partial charge in [0.2, 0.25) is 0 Å². The first-order valence-electron chi connectivity index (χ1n) is 6.33. The van der Waals surface area contributed by atoms with Crippen molar-refractivity contribution in [1.29, 1.82) is 0 Å². The molecular weight excluding hydrogens is 254 g/mol. The molecule has 1 N–H and O–H groups in total. The lowest BCUT2D eigenvalue weighted by molar-refractivity contribution is 0.181. The third-order valence-corrected chi connectivity index (χ3v) is 4.46. The van der Waals surface area contributed by atoms with Crippen LogP contribution in [0, 0.1) is 5.92 Å². The summed E-state index contributed by atoms with van der Waals surface area (Å²) in [5, 5.41) is 3.58. The standard InChI is InChI=1S/C13H20ClNOS/c1-2-15-11(7-10-5-6-16-9-10)8-12-3-4-13(14)17-12/h3-4,10-11,15H,2,5-9H2,1H3. The van der Waals surface area contributed by atoms with Gasteiger partial charge in [-0.05, 0) is 43.9 Å². The lowest BCUT2D eigenvalue weighted by Gasteiger charge is -2.20. The van der Waals surface area contributed by atoms with E-state index in [1.807, 2.05) is 6.07 Å². The van der Waals surface area contributed by atoms with Gasteiger partial charge in [0, 0.05) is 24.1 Å². The van der Waals surface area contributed by atoms with Gasteiger partial charge in [-0.3, -0.25) is 0 Å². The Morgan fingerprint density at radius 1 is 1.59 bits per heavy atom. The predicted octanol–water partition coefficient (Wildman–Crippen LogP) is 3.35. The average molecular weight is 274 g/mol. The summed E-state index contributed by atoms with van der Waals surface area (Å²) in [6.07, 6.45) is 3.51. The topological polar surface area (TPSA) is 21.3 Å². The summed E-state index contributed by atoms with van der Waals surface area (Å²) in [6, 6.07) is 4.69. The summed E-state index contributed by atoms with van der Waals surface area (Å²) in [5.41, 5.74) is 0. The highest BCUT2D eigenvalue weighted by molar-refractivity contribution is 7.16. The Labute approximate surface area is 112 Å². The van der Waals surface area contributed by atoms with Gasteiger partial charge in [0.15, 0.2) is 0 Å². The first-order valence-corrected chi connectivity index (χ1v) is 7.52.